The molecule has 0 bridgehead atoms. The molecule has 4 aromatic carbocycles. The zero-order valence-electron chi connectivity index (χ0n) is 16.0. The van der Waals surface area contributed by atoms with Crippen LogP contribution in [0.15, 0.2) is 93.9 Å². The van der Waals surface area contributed by atoms with Crippen LogP contribution in [0.5, 0.6) is 11.5 Å². The predicted molar refractivity (Wildman–Crippen MR) is 126 cm³/mol. The third kappa shape index (κ3) is 4.74. The summed E-state index contributed by atoms with van der Waals surface area (Å²) in [4.78, 5) is 12.7. The van der Waals surface area contributed by atoms with Gasteiger partial charge in [0, 0.05) is 16.3 Å². The quantitative estimate of drug-likeness (QED) is 0.197. The van der Waals surface area contributed by atoms with Crippen molar-refractivity contribution < 1.29 is 14.3 Å². The Morgan fingerprint density at radius 3 is 2.20 bits per heavy atom. The monoisotopic (exact) mass is 524 g/mol. The van der Waals surface area contributed by atoms with E-state index in [9.17, 15) is 4.79 Å². The maximum atomic E-state index is 12.7. The number of carbonyl (C=O) groups is 1. The summed E-state index contributed by atoms with van der Waals surface area (Å²) in [6.07, 6.45) is 0.813. The molecule has 0 amide bonds. The van der Waals surface area contributed by atoms with E-state index in [0.29, 0.717) is 28.1 Å². The first-order valence-electron chi connectivity index (χ1n) is 9.47. The average molecular weight is 526 g/mol. The van der Waals surface area contributed by atoms with Crippen molar-refractivity contribution in [1.82, 2.24) is 0 Å². The first-order chi connectivity index (χ1) is 14.6. The summed E-state index contributed by atoms with van der Waals surface area (Å²) in [7, 11) is 0. The van der Waals surface area contributed by atoms with Crippen molar-refractivity contribution in [2.24, 2.45) is 0 Å². The summed E-state index contributed by atoms with van der Waals surface area (Å²) in [5.74, 6) is 0.800. The van der Waals surface area contributed by atoms with Crippen molar-refractivity contribution in [2.75, 3.05) is 6.61 Å². The van der Waals surface area contributed by atoms with Gasteiger partial charge in [-0.3, -0.25) is 0 Å². The van der Waals surface area contributed by atoms with Gasteiger partial charge in [0.2, 0.25) is 0 Å². The molecule has 150 valence electrons. The van der Waals surface area contributed by atoms with Crippen molar-refractivity contribution >= 4 is 48.6 Å². The number of halogens is 2. The second-order valence-corrected chi connectivity index (χ2v) is 8.42. The highest BCUT2D eigenvalue weighted by atomic mass is 79.9. The van der Waals surface area contributed by atoms with Crippen molar-refractivity contribution in [3.8, 4) is 11.5 Å². The Morgan fingerprint density at radius 1 is 0.733 bits per heavy atom. The third-order valence-electron chi connectivity index (χ3n) is 4.69. The highest BCUT2D eigenvalue weighted by Gasteiger charge is 2.14. The van der Waals surface area contributed by atoms with Gasteiger partial charge in [0.1, 0.15) is 11.5 Å². The van der Waals surface area contributed by atoms with Crippen molar-refractivity contribution in [2.45, 2.75) is 6.42 Å². The molecular weight excluding hydrogens is 508 g/mol. The normalized spacial score (nSPS) is 10.7. The van der Waals surface area contributed by atoms with Crippen LogP contribution in [0, 0.1) is 0 Å². The lowest BCUT2D eigenvalue weighted by molar-refractivity contribution is 0.0737. The van der Waals surface area contributed by atoms with E-state index in [1.807, 2.05) is 48.5 Å². The Balaban J connectivity index is 1.45. The second-order valence-electron chi connectivity index (χ2n) is 6.71. The van der Waals surface area contributed by atoms with Crippen LogP contribution in [0.2, 0.25) is 0 Å². The van der Waals surface area contributed by atoms with Crippen LogP contribution >= 0.6 is 31.9 Å². The van der Waals surface area contributed by atoms with E-state index in [2.05, 4.69) is 44.0 Å². The first-order valence-corrected chi connectivity index (χ1v) is 11.1. The van der Waals surface area contributed by atoms with Crippen LogP contribution in [0.3, 0.4) is 0 Å². The molecule has 0 saturated heterocycles. The van der Waals surface area contributed by atoms with E-state index in [-0.39, 0.29) is 0 Å². The first kappa shape index (κ1) is 20.6. The molecule has 0 unspecified atom stereocenters. The number of ether oxygens (including phenoxy) is 2. The third-order valence-corrected chi connectivity index (χ3v) is 6.00. The number of rotatable bonds is 6. The van der Waals surface area contributed by atoms with Crippen LogP contribution in [0.25, 0.3) is 10.8 Å². The molecule has 0 saturated carbocycles. The van der Waals surface area contributed by atoms with E-state index < -0.39 is 5.97 Å². The van der Waals surface area contributed by atoms with Crippen molar-refractivity contribution in [3.05, 3.63) is 105 Å². The lowest BCUT2D eigenvalue weighted by atomic mass is 10.1. The van der Waals surface area contributed by atoms with Gasteiger partial charge in [-0.25, -0.2) is 4.79 Å². The number of carbonyl (C=O) groups excluding carboxylic acids is 1. The van der Waals surface area contributed by atoms with Gasteiger partial charge in [-0.1, -0.05) is 70.5 Å². The molecule has 0 N–H and O–H groups in total. The lowest BCUT2D eigenvalue weighted by Gasteiger charge is -2.11. The summed E-state index contributed by atoms with van der Waals surface area (Å²) < 4.78 is 13.2. The van der Waals surface area contributed by atoms with Crippen molar-refractivity contribution in [1.29, 1.82) is 0 Å². The van der Waals surface area contributed by atoms with Gasteiger partial charge in [0.05, 0.1) is 16.6 Å². The summed E-state index contributed by atoms with van der Waals surface area (Å²) >= 11 is 7.03. The van der Waals surface area contributed by atoms with Gasteiger partial charge in [-0.2, -0.15) is 0 Å². The molecule has 0 fully saturated rings. The minimum absolute atomic E-state index is 0.418. The molecule has 0 aliphatic carbocycles. The van der Waals surface area contributed by atoms with E-state index in [1.54, 1.807) is 24.3 Å². The summed E-state index contributed by atoms with van der Waals surface area (Å²) in [5.41, 5.74) is 1.67. The smallest absolute Gasteiger partial charge is 0.343 e. The molecule has 0 heterocycles. The summed E-state index contributed by atoms with van der Waals surface area (Å²) in [6, 6.07) is 26.8. The van der Waals surface area contributed by atoms with Crippen LogP contribution in [0.1, 0.15) is 15.9 Å². The Hall–Kier alpha value is -2.63. The van der Waals surface area contributed by atoms with Gasteiger partial charge in [-0.05, 0) is 57.2 Å². The minimum atomic E-state index is -0.418. The average Bonchev–Trinajstić information content (AvgIpc) is 2.77. The molecule has 30 heavy (non-hydrogen) atoms. The molecule has 0 radical (unpaired) electrons. The highest BCUT2D eigenvalue weighted by Crippen LogP contribution is 2.32. The van der Waals surface area contributed by atoms with Gasteiger partial charge in [0.25, 0.3) is 0 Å². The molecule has 4 rings (SSSR count). The van der Waals surface area contributed by atoms with Gasteiger partial charge < -0.3 is 9.47 Å². The van der Waals surface area contributed by atoms with Crippen molar-refractivity contribution in [3.63, 3.8) is 0 Å². The van der Waals surface area contributed by atoms with E-state index in [0.717, 1.165) is 21.7 Å². The highest BCUT2D eigenvalue weighted by molar-refractivity contribution is 9.11. The molecule has 0 spiro atoms. The fraction of sp³-hybridized carbons (Fsp3) is 0.0800. The topological polar surface area (TPSA) is 35.5 Å². The largest absolute Gasteiger partial charge is 0.492 e. The molecule has 0 aromatic heterocycles. The van der Waals surface area contributed by atoms with E-state index in [1.165, 1.54) is 5.56 Å². The molecular formula is C25H18Br2O3. The number of benzene rings is 4. The van der Waals surface area contributed by atoms with Crippen LogP contribution < -0.4 is 9.47 Å². The SMILES string of the molecule is O=C(Oc1ccc(Br)c2ccccc12)c1ccc(OCCc2ccccc2)c(Br)c1. The zero-order chi connectivity index (χ0) is 20.9. The maximum Gasteiger partial charge on any atom is 0.343 e. The van der Waals surface area contributed by atoms with Crippen LogP contribution in [-0.2, 0) is 6.42 Å². The Morgan fingerprint density at radius 2 is 1.43 bits per heavy atom. The zero-order valence-corrected chi connectivity index (χ0v) is 19.1. The fourth-order valence-corrected chi connectivity index (χ4v) is 4.12. The fourth-order valence-electron chi connectivity index (χ4n) is 3.15. The molecule has 0 aliphatic rings. The molecule has 3 nitrogen and oxygen atoms in total. The van der Waals surface area contributed by atoms with E-state index >= 15 is 0 Å². The molecule has 5 heteroatoms. The van der Waals surface area contributed by atoms with E-state index in [4.69, 9.17) is 9.47 Å². The Kier molecular flexibility index (Phi) is 6.50. The molecule has 0 aliphatic heterocycles. The predicted octanol–water partition coefficient (Wildman–Crippen LogP) is 7.21. The standard InChI is InChI=1S/C25H18Br2O3/c26-21-11-13-23(20-9-5-4-8-19(20)21)30-25(28)18-10-12-24(22(27)16-18)29-15-14-17-6-2-1-3-7-17/h1-13,16H,14-15H2. The number of hydrogen-bond acceptors (Lipinski definition) is 3. The summed E-state index contributed by atoms with van der Waals surface area (Å²) in [6.45, 7) is 0.553. The van der Waals surface area contributed by atoms with Crippen LogP contribution in [-0.4, -0.2) is 12.6 Å². The van der Waals surface area contributed by atoms with Crippen LogP contribution in [0.4, 0.5) is 0 Å². The second kappa shape index (κ2) is 9.45. The summed E-state index contributed by atoms with van der Waals surface area (Å²) in [5, 5.41) is 1.87. The minimum Gasteiger partial charge on any atom is -0.492 e. The number of hydrogen-bond donors (Lipinski definition) is 0. The molecule has 0 atom stereocenters. The maximum absolute atomic E-state index is 12.7. The Labute approximate surface area is 191 Å². The molecule has 4 aromatic rings. The Bertz CT molecular complexity index is 1190. The van der Waals surface area contributed by atoms with Gasteiger partial charge >= 0.3 is 5.97 Å². The lowest BCUT2D eigenvalue weighted by Crippen LogP contribution is -2.09. The van der Waals surface area contributed by atoms with Gasteiger partial charge in [0.15, 0.2) is 0 Å². The van der Waals surface area contributed by atoms with Gasteiger partial charge in [-0.15, -0.1) is 0 Å². The number of fused-ring (bicyclic) bond motifs is 1. The number of esters is 1.